The van der Waals surface area contributed by atoms with Crippen LogP contribution in [0.4, 0.5) is 0 Å². The number of aromatic nitrogens is 2. The molecule has 4 heterocycles. The Kier molecular flexibility index (Phi) is 7.79. The second-order valence-corrected chi connectivity index (χ2v) is 28.1. The Balaban J connectivity index is 0.000000208. The summed E-state index contributed by atoms with van der Waals surface area (Å²) in [6, 6.07) is 38.8. The molecule has 0 amide bonds. The Morgan fingerprint density at radius 1 is 0.761 bits per heavy atom. The average Bonchev–Trinajstić information content (AvgIpc) is 3.57. The van der Waals surface area contributed by atoms with Gasteiger partial charge in [-0.3, -0.25) is 0 Å². The standard InChI is InChI=1S/C26H20NOSi.C14H16GeN.Ir/c1-16-13-14-27-21(15-16)19-9-6-8-17-18-11-12-23-24(26(18)28-25(17)19)20-7-4-5-10-22(20)29(23,2)3;1-15(2,3)13-9-10-14(16-11-13)12-7-5-4-6-8-12;/h4-8,10-15H,1-3H3;4-7,9-11H,1-3H3;/q2*-1;/i1D3;;. The van der Waals surface area contributed by atoms with E-state index in [0.29, 0.717) is 16.8 Å². The van der Waals surface area contributed by atoms with E-state index in [1.165, 1.54) is 38.2 Å². The van der Waals surface area contributed by atoms with Crippen LogP contribution in [0.3, 0.4) is 0 Å². The zero-order valence-corrected chi connectivity index (χ0v) is 32.0. The molecule has 3 aromatic heterocycles. The van der Waals surface area contributed by atoms with Crippen molar-refractivity contribution in [2.75, 3.05) is 0 Å². The Bertz CT molecular complexity index is 2300. The van der Waals surface area contributed by atoms with Crippen LogP contribution >= 0.6 is 0 Å². The molecule has 0 saturated heterocycles. The molecule has 0 spiro atoms. The van der Waals surface area contributed by atoms with Crippen LogP contribution in [0.2, 0.25) is 30.4 Å². The van der Waals surface area contributed by atoms with Crippen LogP contribution in [0.1, 0.15) is 9.68 Å². The fourth-order valence-electron chi connectivity index (χ4n) is 6.29. The van der Waals surface area contributed by atoms with Gasteiger partial charge in [0.25, 0.3) is 0 Å². The van der Waals surface area contributed by atoms with Crippen molar-refractivity contribution >= 4 is 58.0 Å². The van der Waals surface area contributed by atoms with E-state index in [0.717, 1.165) is 27.6 Å². The summed E-state index contributed by atoms with van der Waals surface area (Å²) in [6.07, 6.45) is 3.57. The van der Waals surface area contributed by atoms with Gasteiger partial charge in [0.15, 0.2) is 0 Å². The quantitative estimate of drug-likeness (QED) is 0.132. The second kappa shape index (κ2) is 12.5. The van der Waals surface area contributed by atoms with E-state index in [2.05, 4.69) is 101 Å². The largest absolute Gasteiger partial charge is 0 e. The first-order valence-corrected chi connectivity index (χ1v) is 25.6. The maximum absolute atomic E-state index is 7.75. The van der Waals surface area contributed by atoms with Crippen molar-refractivity contribution in [3.63, 3.8) is 0 Å². The molecule has 1 aliphatic heterocycles. The third-order valence-corrected chi connectivity index (χ3v) is 16.6. The molecule has 1 radical (unpaired) electrons. The summed E-state index contributed by atoms with van der Waals surface area (Å²) in [5, 5.41) is 4.86. The molecular formula is C40H36GeIrN2OSi-2. The first-order chi connectivity index (χ1) is 22.8. The van der Waals surface area contributed by atoms with Crippen molar-refractivity contribution in [3.05, 3.63) is 127 Å². The molecule has 7 aromatic rings. The monoisotopic (exact) mass is 858 g/mol. The number of nitrogens with zero attached hydrogens (tertiary/aromatic N) is 2. The van der Waals surface area contributed by atoms with Crippen LogP contribution < -0.4 is 14.8 Å². The minimum absolute atomic E-state index is 0. The summed E-state index contributed by atoms with van der Waals surface area (Å²) in [4.78, 5) is 8.97. The van der Waals surface area contributed by atoms with Gasteiger partial charge in [0.05, 0.1) is 5.58 Å². The van der Waals surface area contributed by atoms with Crippen LogP contribution in [0.25, 0.3) is 55.6 Å². The summed E-state index contributed by atoms with van der Waals surface area (Å²) in [7, 11) is -1.80. The number of furan rings is 1. The molecular weight excluding hydrogens is 817 g/mol. The third kappa shape index (κ3) is 5.75. The summed E-state index contributed by atoms with van der Waals surface area (Å²) in [5.41, 5.74) is 7.60. The smallest absolute Gasteiger partial charge is 0 e. The van der Waals surface area contributed by atoms with Gasteiger partial charge in [-0.2, -0.15) is 0 Å². The first-order valence-electron chi connectivity index (χ1n) is 16.7. The Labute approximate surface area is 293 Å². The molecule has 4 aromatic carbocycles. The predicted molar refractivity (Wildman–Crippen MR) is 194 cm³/mol. The molecule has 0 N–H and O–H groups in total. The van der Waals surface area contributed by atoms with E-state index in [9.17, 15) is 0 Å². The third-order valence-electron chi connectivity index (χ3n) is 8.78. The van der Waals surface area contributed by atoms with Gasteiger partial charge in [0.2, 0.25) is 0 Å². The topological polar surface area (TPSA) is 38.9 Å². The van der Waals surface area contributed by atoms with Crippen LogP contribution in [-0.4, -0.2) is 31.3 Å². The number of aryl methyl sites for hydroxylation is 1. The zero-order valence-electron chi connectivity index (χ0n) is 29.5. The number of fused-ring (bicyclic) bond motifs is 7. The van der Waals surface area contributed by atoms with E-state index in [4.69, 9.17) is 8.53 Å². The van der Waals surface area contributed by atoms with Gasteiger partial charge in [-0.05, 0) is 34.5 Å². The van der Waals surface area contributed by atoms with Crippen molar-refractivity contribution < 1.29 is 28.6 Å². The Hall–Kier alpha value is -3.61. The summed E-state index contributed by atoms with van der Waals surface area (Å²) in [6.45, 7) is 2.57. The predicted octanol–water partition coefficient (Wildman–Crippen LogP) is 8.65. The van der Waals surface area contributed by atoms with Gasteiger partial charge >= 0.3 is 99.8 Å². The molecule has 0 saturated carbocycles. The fourth-order valence-corrected chi connectivity index (χ4v) is 11.5. The second-order valence-electron chi connectivity index (χ2n) is 13.1. The van der Waals surface area contributed by atoms with E-state index in [-0.39, 0.29) is 25.7 Å². The maximum atomic E-state index is 7.75. The fraction of sp³-hybridized carbons (Fsp3) is 0.150. The summed E-state index contributed by atoms with van der Waals surface area (Å²) < 4.78 is 31.3. The molecule has 0 bridgehead atoms. The van der Waals surface area contributed by atoms with Gasteiger partial charge in [0, 0.05) is 41.4 Å². The number of hydrogen-bond acceptors (Lipinski definition) is 3. The van der Waals surface area contributed by atoms with Crippen molar-refractivity contribution in [1.29, 1.82) is 0 Å². The van der Waals surface area contributed by atoms with Gasteiger partial charge in [0.1, 0.15) is 13.7 Å². The van der Waals surface area contributed by atoms with Gasteiger partial charge < -0.3 is 9.40 Å². The van der Waals surface area contributed by atoms with Crippen molar-refractivity contribution in [3.8, 4) is 33.6 Å². The maximum Gasteiger partial charge on any atom is 0 e. The Morgan fingerprint density at radius 2 is 1.57 bits per heavy atom. The number of hydrogen-bond donors (Lipinski definition) is 0. The Morgan fingerprint density at radius 3 is 2.30 bits per heavy atom. The zero-order chi connectivity index (χ0) is 33.8. The first kappa shape index (κ1) is 28.6. The van der Waals surface area contributed by atoms with Crippen LogP contribution in [0.15, 0.2) is 114 Å². The SMILES string of the molecule is [2H]C([2H])([2H])c1ccnc(-c2[c-]ccc3c2oc2c4c(ccc23)[Si](C)(C)c2ccccc2-4)c1.[CH3][Ge]([CH3])([CH3])[c]1ccc(-c2[c-]cccc2)nc1.[Ir]. The molecule has 231 valence electrons. The molecule has 0 atom stereocenters. The number of benzene rings is 4. The van der Waals surface area contributed by atoms with E-state index < -0.39 is 28.2 Å². The molecule has 0 aliphatic carbocycles. The number of pyridine rings is 2. The molecule has 6 heteroatoms. The van der Waals surface area contributed by atoms with Gasteiger partial charge in [-0.1, -0.05) is 72.1 Å². The normalized spacial score (nSPS) is 14.2. The summed E-state index contributed by atoms with van der Waals surface area (Å²) in [5.74, 6) is 7.14. The van der Waals surface area contributed by atoms with E-state index in [1.54, 1.807) is 6.07 Å². The van der Waals surface area contributed by atoms with Gasteiger partial charge in [-0.15, -0.1) is 18.2 Å². The molecule has 1 aliphatic rings. The summed E-state index contributed by atoms with van der Waals surface area (Å²) >= 11 is -1.72. The van der Waals surface area contributed by atoms with Crippen LogP contribution in [0.5, 0.6) is 0 Å². The molecule has 0 fully saturated rings. The van der Waals surface area contributed by atoms with Crippen molar-refractivity contribution in [2.24, 2.45) is 0 Å². The van der Waals surface area contributed by atoms with Crippen molar-refractivity contribution in [2.45, 2.75) is 37.2 Å². The number of rotatable bonds is 3. The minimum atomic E-state index is -2.19. The van der Waals surface area contributed by atoms with Crippen molar-refractivity contribution in [1.82, 2.24) is 9.97 Å². The van der Waals surface area contributed by atoms with E-state index in [1.807, 2.05) is 42.6 Å². The molecule has 3 nitrogen and oxygen atoms in total. The minimum Gasteiger partial charge on any atom is 0 e. The molecule has 8 rings (SSSR count). The molecule has 0 unspecified atom stereocenters. The molecule has 46 heavy (non-hydrogen) atoms. The van der Waals surface area contributed by atoms with Gasteiger partial charge in [-0.25, -0.2) is 0 Å². The van der Waals surface area contributed by atoms with Crippen LogP contribution in [0, 0.1) is 19.0 Å². The van der Waals surface area contributed by atoms with E-state index >= 15 is 0 Å². The van der Waals surface area contributed by atoms with Crippen LogP contribution in [-0.2, 0) is 20.1 Å². The average molecular weight is 857 g/mol.